The van der Waals surface area contributed by atoms with Crippen LogP contribution in [0.5, 0.6) is 0 Å². The van der Waals surface area contributed by atoms with Gasteiger partial charge in [-0.3, -0.25) is 14.4 Å². The minimum atomic E-state index is -0.757. The monoisotopic (exact) mass is 709 g/mol. The van der Waals surface area contributed by atoms with Crippen LogP contribution in [0.3, 0.4) is 0 Å². The summed E-state index contributed by atoms with van der Waals surface area (Å²) in [6.07, 6.45) is 36.7. The maximum absolute atomic E-state index is 12.7. The van der Waals surface area contributed by atoms with Crippen molar-refractivity contribution in [3.63, 3.8) is 0 Å². The number of esters is 3. The van der Waals surface area contributed by atoms with Crippen LogP contribution >= 0.6 is 0 Å². The van der Waals surface area contributed by atoms with Crippen LogP contribution in [-0.4, -0.2) is 37.2 Å². The van der Waals surface area contributed by atoms with Gasteiger partial charge in [0.2, 0.25) is 0 Å². The molecule has 6 heteroatoms. The molecule has 0 aromatic carbocycles. The lowest BCUT2D eigenvalue weighted by molar-refractivity contribution is -0.167. The van der Waals surface area contributed by atoms with Crippen molar-refractivity contribution < 1.29 is 28.6 Å². The molecule has 296 valence electrons. The lowest BCUT2D eigenvalue weighted by Crippen LogP contribution is -2.30. The second kappa shape index (κ2) is 38.6. The molecule has 0 saturated heterocycles. The number of ether oxygens (including phenoxy) is 3. The smallest absolute Gasteiger partial charge is 0.306 e. The van der Waals surface area contributed by atoms with Gasteiger partial charge in [-0.15, -0.1) is 0 Å². The maximum Gasteiger partial charge on any atom is 0.306 e. The Bertz CT molecular complexity index is 751. The quantitative estimate of drug-likeness (QED) is 0.0359. The van der Waals surface area contributed by atoms with E-state index in [0.717, 1.165) is 63.7 Å². The summed E-state index contributed by atoms with van der Waals surface area (Å²) in [5.41, 5.74) is 0. The van der Waals surface area contributed by atoms with Crippen LogP contribution in [0.15, 0.2) is 0 Å². The third-order valence-electron chi connectivity index (χ3n) is 9.79. The molecule has 0 aliphatic rings. The highest BCUT2D eigenvalue weighted by Crippen LogP contribution is 2.16. The summed E-state index contributed by atoms with van der Waals surface area (Å²) >= 11 is 0. The molecule has 0 heterocycles. The Hall–Kier alpha value is -1.59. The van der Waals surface area contributed by atoms with Crippen LogP contribution in [0, 0.1) is 5.92 Å². The molecule has 0 bridgehead atoms. The van der Waals surface area contributed by atoms with Crippen molar-refractivity contribution in [2.24, 2.45) is 5.92 Å². The number of carbonyl (C=O) groups excluding carboxylic acids is 3. The molecule has 0 rings (SSSR count). The zero-order chi connectivity index (χ0) is 36.8. The van der Waals surface area contributed by atoms with E-state index in [-0.39, 0.29) is 31.1 Å². The van der Waals surface area contributed by atoms with Gasteiger partial charge in [0.25, 0.3) is 0 Å². The molecule has 1 atom stereocenters. The molecule has 0 saturated carbocycles. The second-order valence-corrected chi connectivity index (χ2v) is 15.5. The molecule has 6 nitrogen and oxygen atoms in total. The fraction of sp³-hybridized carbons (Fsp3) is 0.932. The molecule has 0 fully saturated rings. The molecule has 0 N–H and O–H groups in total. The Morgan fingerprint density at radius 2 is 0.660 bits per heavy atom. The molecule has 0 amide bonds. The van der Waals surface area contributed by atoms with Crippen LogP contribution < -0.4 is 0 Å². The summed E-state index contributed by atoms with van der Waals surface area (Å²) < 4.78 is 16.6. The van der Waals surface area contributed by atoms with Crippen molar-refractivity contribution in [2.45, 2.75) is 246 Å². The molecule has 0 radical (unpaired) electrons. The van der Waals surface area contributed by atoms with E-state index < -0.39 is 6.10 Å². The van der Waals surface area contributed by atoms with Gasteiger partial charge in [0.05, 0.1) is 0 Å². The van der Waals surface area contributed by atoms with Crippen molar-refractivity contribution in [1.29, 1.82) is 0 Å². The first kappa shape index (κ1) is 48.4. The zero-order valence-corrected chi connectivity index (χ0v) is 33.9. The van der Waals surface area contributed by atoms with Crippen molar-refractivity contribution >= 4 is 17.9 Å². The van der Waals surface area contributed by atoms with Gasteiger partial charge < -0.3 is 14.2 Å². The summed E-state index contributed by atoms with van der Waals surface area (Å²) in [5.74, 6) is -0.0269. The van der Waals surface area contributed by atoms with Gasteiger partial charge >= 0.3 is 17.9 Å². The first-order chi connectivity index (χ1) is 24.4. The fourth-order valence-electron chi connectivity index (χ4n) is 6.45. The van der Waals surface area contributed by atoms with E-state index in [1.165, 1.54) is 135 Å². The second-order valence-electron chi connectivity index (χ2n) is 15.5. The van der Waals surface area contributed by atoms with Gasteiger partial charge in [0.15, 0.2) is 6.10 Å². The molecular formula is C44H84O6. The first-order valence-corrected chi connectivity index (χ1v) is 21.9. The van der Waals surface area contributed by atoms with Crippen LogP contribution in [0.2, 0.25) is 0 Å². The molecule has 0 aromatic heterocycles. The molecular weight excluding hydrogens is 624 g/mol. The standard InChI is InChI=1S/C44H84O6/c1-5-7-9-11-13-19-24-28-32-36-43(46)49-39-41(38-48-42(45)35-31-27-22-12-10-8-6-2)50-44(47)37-33-29-25-21-18-16-14-15-17-20-23-26-30-34-40(3)4/h40-41H,5-39H2,1-4H3/t41-/m1/s1. The van der Waals surface area contributed by atoms with E-state index in [1.54, 1.807) is 0 Å². The van der Waals surface area contributed by atoms with Gasteiger partial charge in [-0.2, -0.15) is 0 Å². The molecule has 0 aromatic rings. The predicted molar refractivity (Wildman–Crippen MR) is 210 cm³/mol. The van der Waals surface area contributed by atoms with Crippen molar-refractivity contribution in [1.82, 2.24) is 0 Å². The van der Waals surface area contributed by atoms with Gasteiger partial charge in [-0.25, -0.2) is 0 Å². The average Bonchev–Trinajstić information content (AvgIpc) is 3.09. The molecule has 0 spiro atoms. The predicted octanol–water partition coefficient (Wildman–Crippen LogP) is 13.6. The Morgan fingerprint density at radius 3 is 0.980 bits per heavy atom. The summed E-state index contributed by atoms with van der Waals surface area (Å²) in [5, 5.41) is 0. The van der Waals surface area contributed by atoms with E-state index in [1.807, 2.05) is 0 Å². The number of hydrogen-bond acceptors (Lipinski definition) is 6. The first-order valence-electron chi connectivity index (χ1n) is 21.9. The maximum atomic E-state index is 12.7. The number of carbonyl (C=O) groups is 3. The molecule has 0 aliphatic heterocycles. The summed E-state index contributed by atoms with van der Waals surface area (Å²) in [6.45, 7) is 8.94. The van der Waals surface area contributed by atoms with Gasteiger partial charge in [0, 0.05) is 19.3 Å². The van der Waals surface area contributed by atoms with Gasteiger partial charge in [-0.05, 0) is 25.2 Å². The topological polar surface area (TPSA) is 78.9 Å². The van der Waals surface area contributed by atoms with E-state index in [2.05, 4.69) is 27.7 Å². The summed E-state index contributed by atoms with van der Waals surface area (Å²) in [7, 11) is 0. The normalized spacial score (nSPS) is 11.9. The van der Waals surface area contributed by atoms with Crippen LogP contribution in [0.25, 0.3) is 0 Å². The van der Waals surface area contributed by atoms with E-state index in [4.69, 9.17) is 14.2 Å². The lowest BCUT2D eigenvalue weighted by Gasteiger charge is -2.18. The van der Waals surface area contributed by atoms with Crippen molar-refractivity contribution in [2.75, 3.05) is 13.2 Å². The summed E-state index contributed by atoms with van der Waals surface area (Å²) in [6, 6.07) is 0. The lowest BCUT2D eigenvalue weighted by atomic mass is 10.0. The average molecular weight is 709 g/mol. The summed E-state index contributed by atoms with van der Waals surface area (Å²) in [4.78, 5) is 37.5. The zero-order valence-electron chi connectivity index (χ0n) is 33.9. The minimum absolute atomic E-state index is 0.0646. The van der Waals surface area contributed by atoms with Crippen molar-refractivity contribution in [3.05, 3.63) is 0 Å². The Morgan fingerprint density at radius 1 is 0.380 bits per heavy atom. The largest absolute Gasteiger partial charge is 0.462 e. The Balaban J connectivity index is 4.24. The highest BCUT2D eigenvalue weighted by molar-refractivity contribution is 5.71. The third kappa shape index (κ3) is 37.7. The highest BCUT2D eigenvalue weighted by Gasteiger charge is 2.19. The van der Waals surface area contributed by atoms with Crippen molar-refractivity contribution in [3.8, 4) is 0 Å². The number of unbranched alkanes of at least 4 members (excludes halogenated alkanes) is 26. The third-order valence-corrected chi connectivity index (χ3v) is 9.79. The Labute approximate surface area is 310 Å². The highest BCUT2D eigenvalue weighted by atomic mass is 16.6. The van der Waals surface area contributed by atoms with Gasteiger partial charge in [0.1, 0.15) is 13.2 Å². The van der Waals surface area contributed by atoms with Crippen LogP contribution in [0.4, 0.5) is 0 Å². The molecule has 50 heavy (non-hydrogen) atoms. The number of hydrogen-bond donors (Lipinski definition) is 0. The van der Waals surface area contributed by atoms with Crippen LogP contribution in [0.1, 0.15) is 240 Å². The van der Waals surface area contributed by atoms with Crippen LogP contribution in [-0.2, 0) is 28.6 Å². The molecule has 0 unspecified atom stereocenters. The van der Waals surface area contributed by atoms with Gasteiger partial charge in [-0.1, -0.05) is 201 Å². The number of rotatable bonds is 39. The van der Waals surface area contributed by atoms with E-state index in [9.17, 15) is 14.4 Å². The fourth-order valence-corrected chi connectivity index (χ4v) is 6.45. The Kier molecular flexibility index (Phi) is 37.4. The SMILES string of the molecule is CCCCCCCCCCCC(=O)OC[C@@H](COC(=O)CCCCCCCCC)OC(=O)CCCCCCCCCCCCCCCC(C)C. The van der Waals surface area contributed by atoms with E-state index in [0.29, 0.717) is 19.3 Å². The van der Waals surface area contributed by atoms with E-state index >= 15 is 0 Å². The molecule has 0 aliphatic carbocycles. The minimum Gasteiger partial charge on any atom is -0.462 e.